The van der Waals surface area contributed by atoms with E-state index in [2.05, 4.69) is 10.2 Å². The summed E-state index contributed by atoms with van der Waals surface area (Å²) in [5.41, 5.74) is 1.71. The van der Waals surface area contributed by atoms with Crippen LogP contribution < -0.4 is 14.6 Å². The van der Waals surface area contributed by atoms with Crippen molar-refractivity contribution < 1.29 is 35.8 Å². The first-order valence-electron chi connectivity index (χ1n) is 15.5. The number of aromatic nitrogens is 4. The normalized spacial score (nSPS) is 18.1. The van der Waals surface area contributed by atoms with E-state index in [0.717, 1.165) is 48.7 Å². The summed E-state index contributed by atoms with van der Waals surface area (Å²) in [7, 11) is -4.31. The number of ether oxygens (including phenoxy) is 4. The summed E-state index contributed by atoms with van der Waals surface area (Å²) in [5.74, 6) is 2.21. The molecule has 0 amide bonds. The van der Waals surface area contributed by atoms with Gasteiger partial charge in [-0.05, 0) is 60.4 Å². The Kier molecular flexibility index (Phi) is 11.9. The molecule has 2 N–H and O–H groups in total. The summed E-state index contributed by atoms with van der Waals surface area (Å²) < 4.78 is 75.0. The maximum Gasteiger partial charge on any atom is 0.262 e. The van der Waals surface area contributed by atoms with Crippen LogP contribution in [0.25, 0.3) is 0 Å². The molecule has 0 radical (unpaired) electrons. The molecule has 2 aromatic heterocycles. The standard InChI is InChI=1S/C24H29N3O5S.C8H13N3O3S/c1-30-22-7-3-19(4-8-22)16-27(17-20-5-9-23(31-2)10-6-20)33(28,29)24-11-13-26(25-24)15-21-12-14-32-18-21;9-15(12,13)8-1-3-11(10-8)5-7-2-4-14-6-7/h3-11,13,21H,12,14-18H2,1-2H3;1,3,7H,2,4-6H2,(H2,9,12,13). The predicted molar refractivity (Wildman–Crippen MR) is 176 cm³/mol. The summed E-state index contributed by atoms with van der Waals surface area (Å²) >= 11 is 0. The summed E-state index contributed by atoms with van der Waals surface area (Å²) in [6.45, 7) is 4.65. The van der Waals surface area contributed by atoms with E-state index in [-0.39, 0.29) is 23.1 Å². The minimum atomic E-state index is -3.83. The average molecular weight is 703 g/mol. The molecule has 2 aliphatic heterocycles. The zero-order valence-electron chi connectivity index (χ0n) is 27.0. The van der Waals surface area contributed by atoms with Crippen molar-refractivity contribution in [3.05, 3.63) is 84.2 Å². The SMILES string of the molecule is COc1ccc(CN(Cc2ccc(OC)cc2)S(=O)(=O)c2ccn(CC3CCOC3)n2)cc1.NS(=O)(=O)c1ccn(CC2CCOC2)n1. The summed E-state index contributed by atoms with van der Waals surface area (Å²) in [6, 6.07) is 17.8. The van der Waals surface area contributed by atoms with Gasteiger partial charge in [-0.1, -0.05) is 24.3 Å². The lowest BCUT2D eigenvalue weighted by Crippen LogP contribution is -2.30. The van der Waals surface area contributed by atoms with Crippen molar-refractivity contribution in [2.75, 3.05) is 40.6 Å². The van der Waals surface area contributed by atoms with Gasteiger partial charge in [-0.15, -0.1) is 0 Å². The van der Waals surface area contributed by atoms with E-state index < -0.39 is 20.0 Å². The molecule has 0 aliphatic carbocycles. The molecule has 4 heterocycles. The van der Waals surface area contributed by atoms with Crippen LogP contribution in [0.4, 0.5) is 0 Å². The van der Waals surface area contributed by atoms with Gasteiger partial charge in [0.05, 0.1) is 27.4 Å². The third-order valence-corrected chi connectivity index (χ3v) is 10.6. The van der Waals surface area contributed by atoms with Crippen LogP contribution in [0, 0.1) is 11.8 Å². The maximum atomic E-state index is 13.6. The highest BCUT2D eigenvalue weighted by Gasteiger charge is 2.28. The molecule has 2 atom stereocenters. The first-order valence-corrected chi connectivity index (χ1v) is 18.5. The number of nitrogens with zero attached hydrogens (tertiary/aromatic N) is 5. The van der Waals surface area contributed by atoms with Crippen molar-refractivity contribution in [1.82, 2.24) is 23.9 Å². The van der Waals surface area contributed by atoms with E-state index in [9.17, 15) is 16.8 Å². The monoisotopic (exact) mass is 702 g/mol. The number of hydrogen-bond donors (Lipinski definition) is 1. The number of nitrogens with two attached hydrogens (primary N) is 1. The molecule has 0 bridgehead atoms. The molecule has 2 aromatic carbocycles. The zero-order valence-corrected chi connectivity index (χ0v) is 28.7. The quantitative estimate of drug-likeness (QED) is 0.219. The van der Waals surface area contributed by atoms with Gasteiger partial charge >= 0.3 is 0 Å². The van der Waals surface area contributed by atoms with Crippen LogP contribution in [0.15, 0.2) is 83.1 Å². The van der Waals surface area contributed by atoms with Gasteiger partial charge in [-0.3, -0.25) is 9.36 Å². The largest absolute Gasteiger partial charge is 0.497 e. The van der Waals surface area contributed by atoms with E-state index in [0.29, 0.717) is 38.1 Å². The smallest absolute Gasteiger partial charge is 0.262 e. The summed E-state index contributed by atoms with van der Waals surface area (Å²) in [5, 5.41) is 13.2. The van der Waals surface area contributed by atoms with Gasteiger partial charge in [0.25, 0.3) is 20.0 Å². The number of primary sulfonamides is 1. The van der Waals surface area contributed by atoms with Gasteiger partial charge in [-0.25, -0.2) is 22.0 Å². The van der Waals surface area contributed by atoms with Crippen molar-refractivity contribution in [2.45, 2.75) is 49.1 Å². The van der Waals surface area contributed by atoms with Gasteiger partial charge in [0.2, 0.25) is 0 Å². The van der Waals surface area contributed by atoms with E-state index in [1.807, 2.05) is 48.5 Å². The Morgan fingerprint density at radius 2 is 1.17 bits per heavy atom. The Morgan fingerprint density at radius 1 is 0.729 bits per heavy atom. The molecule has 260 valence electrons. The van der Waals surface area contributed by atoms with E-state index >= 15 is 0 Å². The third-order valence-electron chi connectivity index (χ3n) is 8.10. The molecule has 2 saturated heterocycles. The Hall–Kier alpha value is -3.80. The fraction of sp³-hybridized carbons (Fsp3) is 0.438. The van der Waals surface area contributed by atoms with Gasteiger partial charge in [0.1, 0.15) is 11.5 Å². The van der Waals surface area contributed by atoms with Crippen molar-refractivity contribution in [2.24, 2.45) is 17.0 Å². The second-order valence-electron chi connectivity index (χ2n) is 11.7. The van der Waals surface area contributed by atoms with Crippen molar-refractivity contribution in [1.29, 1.82) is 0 Å². The first-order chi connectivity index (χ1) is 23.0. The fourth-order valence-electron chi connectivity index (χ4n) is 5.39. The Balaban J connectivity index is 0.000000250. The Labute approximate surface area is 281 Å². The van der Waals surface area contributed by atoms with Crippen LogP contribution in [0.2, 0.25) is 0 Å². The van der Waals surface area contributed by atoms with Crippen molar-refractivity contribution in [3.8, 4) is 11.5 Å². The fourth-order valence-corrected chi connectivity index (χ4v) is 7.20. The molecular formula is C32H42N6O8S2. The topological polar surface area (TPSA) is 170 Å². The lowest BCUT2D eigenvalue weighted by molar-refractivity contribution is 0.181. The Morgan fingerprint density at radius 3 is 1.54 bits per heavy atom. The van der Waals surface area contributed by atoms with Gasteiger partial charge in [0.15, 0.2) is 10.1 Å². The highest BCUT2D eigenvalue weighted by atomic mass is 32.2. The van der Waals surface area contributed by atoms with Crippen molar-refractivity contribution in [3.63, 3.8) is 0 Å². The molecular weight excluding hydrogens is 661 g/mol. The predicted octanol–water partition coefficient (Wildman–Crippen LogP) is 2.89. The lowest BCUT2D eigenvalue weighted by Gasteiger charge is -2.22. The minimum Gasteiger partial charge on any atom is -0.497 e. The molecule has 2 aliphatic rings. The summed E-state index contributed by atoms with van der Waals surface area (Å²) in [4.78, 5) is 0. The molecule has 2 unspecified atom stereocenters. The van der Waals surface area contributed by atoms with Crippen LogP contribution in [0.5, 0.6) is 11.5 Å². The van der Waals surface area contributed by atoms with Crippen LogP contribution in [-0.2, 0) is 55.7 Å². The molecule has 4 aromatic rings. The maximum absolute atomic E-state index is 13.6. The zero-order chi connectivity index (χ0) is 34.1. The van der Waals surface area contributed by atoms with Crippen LogP contribution in [0.1, 0.15) is 24.0 Å². The second kappa shape index (κ2) is 16.1. The van der Waals surface area contributed by atoms with E-state index in [1.165, 1.54) is 10.4 Å². The van der Waals surface area contributed by atoms with Gasteiger partial charge < -0.3 is 18.9 Å². The van der Waals surface area contributed by atoms with Crippen LogP contribution in [0.3, 0.4) is 0 Å². The number of rotatable bonds is 13. The first kappa shape index (κ1) is 35.5. The number of hydrogen-bond acceptors (Lipinski definition) is 10. The van der Waals surface area contributed by atoms with Crippen molar-refractivity contribution >= 4 is 20.0 Å². The van der Waals surface area contributed by atoms with Gasteiger partial charge in [-0.2, -0.15) is 14.5 Å². The van der Waals surface area contributed by atoms with Crippen LogP contribution >= 0.6 is 0 Å². The second-order valence-corrected chi connectivity index (χ2v) is 15.1. The highest BCUT2D eigenvalue weighted by Crippen LogP contribution is 2.23. The molecule has 0 saturated carbocycles. The molecule has 6 rings (SSSR count). The molecule has 14 nitrogen and oxygen atoms in total. The molecule has 0 spiro atoms. The lowest BCUT2D eigenvalue weighted by atomic mass is 10.1. The van der Waals surface area contributed by atoms with Crippen LogP contribution in [-0.4, -0.2) is 81.3 Å². The van der Waals surface area contributed by atoms with E-state index in [4.69, 9.17) is 24.1 Å². The average Bonchev–Trinajstić information content (AvgIpc) is 3.91. The highest BCUT2D eigenvalue weighted by molar-refractivity contribution is 7.89. The van der Waals surface area contributed by atoms with E-state index in [1.54, 1.807) is 42.0 Å². The number of benzene rings is 2. The molecule has 2 fully saturated rings. The Bertz CT molecular complexity index is 1760. The summed E-state index contributed by atoms with van der Waals surface area (Å²) in [6.07, 6.45) is 5.30. The molecule has 16 heteroatoms. The number of sulfonamides is 2. The third kappa shape index (κ3) is 9.64. The minimum absolute atomic E-state index is 0.0449. The number of methoxy groups -OCH3 is 2. The van der Waals surface area contributed by atoms with Gasteiger partial charge in [0, 0.05) is 63.6 Å². The molecule has 48 heavy (non-hydrogen) atoms.